The largest absolute Gasteiger partial charge is 0.465 e. The molecule has 0 aromatic carbocycles. The summed E-state index contributed by atoms with van der Waals surface area (Å²) in [5, 5.41) is 0.981. The second-order valence-electron chi connectivity index (χ2n) is 5.28. The third-order valence-electron chi connectivity index (χ3n) is 3.96. The lowest BCUT2D eigenvalue weighted by molar-refractivity contribution is -0.151. The maximum absolute atomic E-state index is 12.1. The molecular formula is C15H21BrN2O2S. The summed E-state index contributed by atoms with van der Waals surface area (Å²) in [7, 11) is 0. The Morgan fingerprint density at radius 2 is 2.48 bits per heavy atom. The van der Waals surface area contributed by atoms with Gasteiger partial charge in [-0.1, -0.05) is 6.42 Å². The number of carbonyl (C=O) groups excluding carboxylic acids is 1. The lowest BCUT2D eigenvalue weighted by Crippen LogP contribution is -2.52. The molecule has 1 aromatic rings. The maximum Gasteiger partial charge on any atom is 0.326 e. The van der Waals surface area contributed by atoms with Crippen LogP contribution >= 0.6 is 27.7 Å². The van der Waals surface area contributed by atoms with E-state index < -0.39 is 5.54 Å². The molecule has 116 valence electrons. The Balaban J connectivity index is 1.90. The van der Waals surface area contributed by atoms with E-state index in [4.69, 9.17) is 10.5 Å². The smallest absolute Gasteiger partial charge is 0.326 e. The SMILES string of the molecule is CCOC(=O)C1(N)CCCC1CCSc1ncccc1Br. The highest BCUT2D eigenvalue weighted by molar-refractivity contribution is 9.10. The molecule has 2 atom stereocenters. The Morgan fingerprint density at radius 1 is 1.67 bits per heavy atom. The number of hydrogen-bond acceptors (Lipinski definition) is 5. The number of pyridine rings is 1. The molecule has 1 heterocycles. The minimum atomic E-state index is -0.794. The van der Waals surface area contributed by atoms with Crippen molar-refractivity contribution in [2.75, 3.05) is 12.4 Å². The van der Waals surface area contributed by atoms with Gasteiger partial charge in [-0.3, -0.25) is 4.79 Å². The highest BCUT2D eigenvalue weighted by Gasteiger charge is 2.46. The van der Waals surface area contributed by atoms with Crippen LogP contribution in [0.3, 0.4) is 0 Å². The van der Waals surface area contributed by atoms with Gasteiger partial charge in [0.25, 0.3) is 0 Å². The van der Waals surface area contributed by atoms with E-state index in [1.807, 2.05) is 19.1 Å². The van der Waals surface area contributed by atoms with E-state index in [-0.39, 0.29) is 11.9 Å². The van der Waals surface area contributed by atoms with Crippen molar-refractivity contribution in [1.29, 1.82) is 0 Å². The van der Waals surface area contributed by atoms with Gasteiger partial charge in [0, 0.05) is 10.7 Å². The first-order chi connectivity index (χ1) is 10.1. The van der Waals surface area contributed by atoms with Gasteiger partial charge in [-0.25, -0.2) is 4.98 Å². The number of hydrogen-bond donors (Lipinski definition) is 1. The molecule has 1 aliphatic rings. The van der Waals surface area contributed by atoms with E-state index in [2.05, 4.69) is 20.9 Å². The third-order valence-corrected chi connectivity index (χ3v) is 5.90. The number of thioether (sulfide) groups is 1. The van der Waals surface area contributed by atoms with Gasteiger partial charge in [-0.05, 0) is 65.9 Å². The van der Waals surface area contributed by atoms with Crippen LogP contribution in [0.2, 0.25) is 0 Å². The van der Waals surface area contributed by atoms with Crippen LogP contribution in [0.25, 0.3) is 0 Å². The van der Waals surface area contributed by atoms with Crippen LogP contribution in [0, 0.1) is 5.92 Å². The van der Waals surface area contributed by atoms with Crippen LogP contribution in [0.5, 0.6) is 0 Å². The van der Waals surface area contributed by atoms with Crippen molar-refractivity contribution in [3.05, 3.63) is 22.8 Å². The molecule has 0 bridgehead atoms. The molecule has 1 fully saturated rings. The number of aromatic nitrogens is 1. The van der Waals surface area contributed by atoms with Gasteiger partial charge in [-0.2, -0.15) is 0 Å². The molecule has 0 saturated heterocycles. The van der Waals surface area contributed by atoms with Crippen LogP contribution in [-0.2, 0) is 9.53 Å². The van der Waals surface area contributed by atoms with Crippen molar-refractivity contribution in [2.45, 2.75) is 43.2 Å². The first-order valence-electron chi connectivity index (χ1n) is 7.27. The standard InChI is InChI=1S/C15H21BrN2O2S/c1-2-20-14(19)15(17)8-3-5-11(15)7-10-21-13-12(16)6-4-9-18-13/h4,6,9,11H,2-3,5,7-8,10,17H2,1H3. The van der Waals surface area contributed by atoms with Crippen molar-refractivity contribution in [2.24, 2.45) is 11.7 Å². The van der Waals surface area contributed by atoms with Crippen molar-refractivity contribution in [1.82, 2.24) is 4.98 Å². The van der Waals surface area contributed by atoms with Crippen LogP contribution < -0.4 is 5.73 Å². The first kappa shape index (κ1) is 16.8. The number of nitrogens with zero attached hydrogens (tertiary/aromatic N) is 1. The number of rotatable bonds is 6. The van der Waals surface area contributed by atoms with Gasteiger partial charge in [0.05, 0.1) is 6.61 Å². The summed E-state index contributed by atoms with van der Waals surface area (Å²) in [6.45, 7) is 2.21. The molecular weight excluding hydrogens is 352 g/mol. The Hall–Kier alpha value is -0.590. The highest BCUT2D eigenvalue weighted by Crippen LogP contribution is 2.38. The van der Waals surface area contributed by atoms with E-state index in [1.165, 1.54) is 0 Å². The molecule has 21 heavy (non-hydrogen) atoms. The van der Waals surface area contributed by atoms with Gasteiger partial charge in [-0.15, -0.1) is 11.8 Å². The van der Waals surface area contributed by atoms with Crippen LogP contribution in [0.1, 0.15) is 32.6 Å². The summed E-state index contributed by atoms with van der Waals surface area (Å²) >= 11 is 5.19. The zero-order chi connectivity index (χ0) is 15.3. The predicted molar refractivity (Wildman–Crippen MR) is 88.2 cm³/mol. The van der Waals surface area contributed by atoms with Crippen LogP contribution in [0.15, 0.2) is 27.8 Å². The van der Waals surface area contributed by atoms with Gasteiger partial charge in [0.2, 0.25) is 0 Å². The highest BCUT2D eigenvalue weighted by atomic mass is 79.9. The lowest BCUT2D eigenvalue weighted by Gasteiger charge is -2.28. The average Bonchev–Trinajstić information content (AvgIpc) is 2.84. The lowest BCUT2D eigenvalue weighted by atomic mass is 9.86. The molecule has 0 aliphatic heterocycles. The van der Waals surface area contributed by atoms with Gasteiger partial charge in [0.1, 0.15) is 10.6 Å². The zero-order valence-electron chi connectivity index (χ0n) is 12.2. The normalized spacial score (nSPS) is 25.0. The zero-order valence-corrected chi connectivity index (χ0v) is 14.6. The van der Waals surface area contributed by atoms with E-state index in [0.29, 0.717) is 6.61 Å². The maximum atomic E-state index is 12.1. The third kappa shape index (κ3) is 3.99. The molecule has 1 saturated carbocycles. The van der Waals surface area contributed by atoms with E-state index >= 15 is 0 Å². The van der Waals surface area contributed by atoms with E-state index in [1.54, 1.807) is 18.0 Å². The van der Waals surface area contributed by atoms with Crippen LogP contribution in [0.4, 0.5) is 0 Å². The minimum absolute atomic E-state index is 0.200. The van der Waals surface area contributed by atoms with Crippen molar-refractivity contribution in [3.8, 4) is 0 Å². The molecule has 6 heteroatoms. The summed E-state index contributed by atoms with van der Waals surface area (Å²) in [4.78, 5) is 16.4. The predicted octanol–water partition coefficient (Wildman–Crippen LogP) is 3.39. The monoisotopic (exact) mass is 372 g/mol. The fourth-order valence-corrected chi connectivity index (χ4v) is 4.35. The summed E-state index contributed by atoms with van der Waals surface area (Å²) in [5.74, 6) is 0.863. The number of esters is 1. The number of carbonyl (C=O) groups is 1. The van der Waals surface area contributed by atoms with Gasteiger partial charge < -0.3 is 10.5 Å². The molecule has 0 amide bonds. The van der Waals surface area contributed by atoms with Gasteiger partial charge in [0.15, 0.2) is 0 Å². The fourth-order valence-electron chi connectivity index (χ4n) is 2.81. The topological polar surface area (TPSA) is 65.2 Å². The van der Waals surface area contributed by atoms with Crippen LogP contribution in [-0.4, -0.2) is 28.9 Å². The first-order valence-corrected chi connectivity index (χ1v) is 9.05. The Bertz CT molecular complexity index is 500. The summed E-state index contributed by atoms with van der Waals surface area (Å²) in [5.41, 5.74) is 5.54. The molecule has 1 aromatic heterocycles. The molecule has 0 spiro atoms. The van der Waals surface area contributed by atoms with Gasteiger partial charge >= 0.3 is 5.97 Å². The van der Waals surface area contributed by atoms with Crippen molar-refractivity contribution >= 4 is 33.7 Å². The molecule has 2 N–H and O–H groups in total. The Labute approximate surface area is 138 Å². The van der Waals surface area contributed by atoms with E-state index in [9.17, 15) is 4.79 Å². The molecule has 1 aliphatic carbocycles. The second-order valence-corrected chi connectivity index (χ2v) is 7.22. The molecule has 0 radical (unpaired) electrons. The molecule has 2 rings (SSSR count). The van der Waals surface area contributed by atoms with E-state index in [0.717, 1.165) is 40.9 Å². The molecule has 4 nitrogen and oxygen atoms in total. The minimum Gasteiger partial charge on any atom is -0.465 e. The average molecular weight is 373 g/mol. The second kappa shape index (κ2) is 7.61. The Kier molecular flexibility index (Phi) is 6.08. The number of nitrogens with two attached hydrogens (primary N) is 1. The Morgan fingerprint density at radius 3 is 3.19 bits per heavy atom. The summed E-state index contributed by atoms with van der Waals surface area (Å²) in [6, 6.07) is 3.88. The van der Waals surface area contributed by atoms with Crippen molar-refractivity contribution in [3.63, 3.8) is 0 Å². The molecule has 2 unspecified atom stereocenters. The quantitative estimate of drug-likeness (QED) is 0.612. The van der Waals surface area contributed by atoms with Crippen molar-refractivity contribution < 1.29 is 9.53 Å². The number of ether oxygens (including phenoxy) is 1. The fraction of sp³-hybridized carbons (Fsp3) is 0.600. The summed E-state index contributed by atoms with van der Waals surface area (Å²) < 4.78 is 6.16. The number of halogens is 1. The summed E-state index contributed by atoms with van der Waals surface area (Å²) in [6.07, 6.45) is 5.42.